The number of ether oxygens (including phenoxy) is 3. The Balaban J connectivity index is 1.85. The van der Waals surface area contributed by atoms with Crippen molar-refractivity contribution in [2.75, 3.05) is 25.6 Å². The number of rotatable bonds is 8. The zero-order valence-corrected chi connectivity index (χ0v) is 17.3. The molecule has 3 rings (SSSR count). The smallest absolute Gasteiger partial charge is 0.493 e. The maximum Gasteiger partial charge on any atom is 0.522 e. The molecule has 0 radical (unpaired) electrons. The number of methoxy groups -OCH3 is 1. The summed E-state index contributed by atoms with van der Waals surface area (Å²) in [5.74, 6) is 0.980. The van der Waals surface area contributed by atoms with Crippen LogP contribution in [-0.4, -0.2) is 41.6 Å². The molecule has 2 heterocycles. The summed E-state index contributed by atoms with van der Waals surface area (Å²) in [6, 6.07) is 6.51. The average Bonchev–Trinajstić information content (AvgIpc) is 2.73. The molecule has 0 saturated carbocycles. The van der Waals surface area contributed by atoms with Crippen LogP contribution < -0.4 is 14.8 Å². The van der Waals surface area contributed by atoms with Gasteiger partial charge in [-0.25, -0.2) is 15.0 Å². The van der Waals surface area contributed by atoms with Gasteiger partial charge in [0.1, 0.15) is 23.9 Å². The lowest BCUT2D eigenvalue weighted by Gasteiger charge is -2.15. The first-order valence-corrected chi connectivity index (χ1v) is 9.43. The molecule has 2 aromatic heterocycles. The third-order valence-electron chi connectivity index (χ3n) is 4.23. The van der Waals surface area contributed by atoms with Crippen LogP contribution in [0.4, 0.5) is 32.2 Å². The van der Waals surface area contributed by atoms with Gasteiger partial charge < -0.3 is 14.8 Å². The molecule has 178 valence electrons. The lowest BCUT2D eigenvalue weighted by Crippen LogP contribution is -2.18. The zero-order chi connectivity index (χ0) is 24.2. The molecule has 0 aliphatic rings. The Morgan fingerprint density at radius 3 is 2.36 bits per heavy atom. The molecule has 0 amide bonds. The second kappa shape index (κ2) is 9.65. The summed E-state index contributed by atoms with van der Waals surface area (Å²) in [5, 5.41) is 3.34. The van der Waals surface area contributed by atoms with E-state index in [9.17, 15) is 26.3 Å². The molecule has 0 unspecified atom stereocenters. The fourth-order valence-corrected chi connectivity index (χ4v) is 2.88. The van der Waals surface area contributed by atoms with Gasteiger partial charge in [-0.05, 0) is 25.1 Å². The van der Waals surface area contributed by atoms with Gasteiger partial charge in [-0.1, -0.05) is 6.07 Å². The maximum atomic E-state index is 12.9. The van der Waals surface area contributed by atoms with Gasteiger partial charge in [0, 0.05) is 11.5 Å². The maximum absolute atomic E-state index is 12.9. The van der Waals surface area contributed by atoms with Gasteiger partial charge in [0.15, 0.2) is 11.5 Å². The van der Waals surface area contributed by atoms with Gasteiger partial charge >= 0.3 is 12.5 Å². The third kappa shape index (κ3) is 6.57. The Kier molecular flexibility index (Phi) is 7.10. The molecule has 0 spiro atoms. The number of nitrogens with one attached hydrogen (secondary N) is 1. The van der Waals surface area contributed by atoms with Crippen LogP contribution in [0.15, 0.2) is 30.3 Å². The van der Waals surface area contributed by atoms with Crippen LogP contribution in [0.3, 0.4) is 0 Å². The third-order valence-corrected chi connectivity index (χ3v) is 4.23. The van der Waals surface area contributed by atoms with E-state index in [4.69, 9.17) is 9.47 Å². The van der Waals surface area contributed by atoms with Crippen molar-refractivity contribution in [3.05, 3.63) is 47.5 Å². The zero-order valence-electron chi connectivity index (χ0n) is 17.3. The van der Waals surface area contributed by atoms with Gasteiger partial charge in [0.25, 0.3) is 0 Å². The van der Waals surface area contributed by atoms with E-state index in [1.165, 1.54) is 31.4 Å². The van der Waals surface area contributed by atoms with Crippen LogP contribution in [0.25, 0.3) is 10.9 Å². The molecule has 13 heteroatoms. The number of alkyl halides is 6. The van der Waals surface area contributed by atoms with E-state index in [2.05, 4.69) is 25.0 Å². The summed E-state index contributed by atoms with van der Waals surface area (Å²) in [5.41, 5.74) is -0.465. The lowest BCUT2D eigenvalue weighted by atomic mass is 10.2. The molecule has 0 saturated heterocycles. The monoisotopic (exact) mass is 476 g/mol. The first-order valence-electron chi connectivity index (χ1n) is 9.43. The van der Waals surface area contributed by atoms with Crippen LogP contribution in [0.2, 0.25) is 0 Å². The van der Waals surface area contributed by atoms with Crippen LogP contribution in [0.1, 0.15) is 17.2 Å². The molecule has 1 N–H and O–H groups in total. The molecular formula is C20H18F6N4O3. The molecule has 0 atom stereocenters. The number of nitrogens with zero attached hydrogens (tertiary/aromatic N) is 3. The van der Waals surface area contributed by atoms with Crippen molar-refractivity contribution in [3.63, 3.8) is 0 Å². The highest BCUT2D eigenvalue weighted by atomic mass is 19.4. The van der Waals surface area contributed by atoms with E-state index in [0.29, 0.717) is 16.7 Å². The molecule has 7 nitrogen and oxygen atoms in total. The van der Waals surface area contributed by atoms with Crippen molar-refractivity contribution in [3.8, 4) is 11.5 Å². The summed E-state index contributed by atoms with van der Waals surface area (Å²) in [6.45, 7) is 0.405. The second-order valence-corrected chi connectivity index (χ2v) is 6.65. The highest BCUT2D eigenvalue weighted by Crippen LogP contribution is 2.34. The lowest BCUT2D eigenvalue weighted by molar-refractivity contribution is -0.325. The summed E-state index contributed by atoms with van der Waals surface area (Å²) in [7, 11) is 1.35. The van der Waals surface area contributed by atoms with E-state index in [-0.39, 0.29) is 29.6 Å². The number of aromatic nitrogens is 3. The highest BCUT2D eigenvalue weighted by Gasteiger charge is 2.32. The number of pyridine rings is 1. The predicted octanol–water partition coefficient (Wildman–Crippen LogP) is 4.89. The molecule has 0 fully saturated rings. The Hall–Kier alpha value is -3.35. The summed E-state index contributed by atoms with van der Waals surface area (Å²) in [6.07, 6.45) is -9.36. The largest absolute Gasteiger partial charge is 0.522 e. The predicted molar refractivity (Wildman–Crippen MR) is 105 cm³/mol. The Labute approximate surface area is 183 Å². The van der Waals surface area contributed by atoms with Gasteiger partial charge in [0.2, 0.25) is 0 Å². The SMILES string of the molecule is COc1cc2nc(C)nc(NCc3cccc(C(F)(F)F)n3)c2cc1OCCOC(F)(F)F. The molecular weight excluding hydrogens is 458 g/mol. The molecule has 3 aromatic rings. The molecule has 0 aliphatic heterocycles. The average molecular weight is 476 g/mol. The standard InChI is InChI=1S/C20H18F6N4O3/c1-11-28-14-9-15(31-2)16(32-6-7-33-20(24,25)26)8-13(14)18(29-11)27-10-12-4-3-5-17(30-12)19(21,22)23/h3-5,8-9H,6-7,10H2,1-2H3,(H,27,28,29). The fourth-order valence-electron chi connectivity index (χ4n) is 2.88. The Bertz CT molecular complexity index is 1120. The topological polar surface area (TPSA) is 78.4 Å². The Morgan fingerprint density at radius 1 is 0.939 bits per heavy atom. The van der Waals surface area contributed by atoms with Gasteiger partial charge in [-0.2, -0.15) is 13.2 Å². The summed E-state index contributed by atoms with van der Waals surface area (Å²) >= 11 is 0. The van der Waals surface area contributed by atoms with Gasteiger partial charge in [-0.3, -0.25) is 4.74 Å². The highest BCUT2D eigenvalue weighted by molar-refractivity contribution is 5.91. The Morgan fingerprint density at radius 2 is 1.70 bits per heavy atom. The summed E-state index contributed by atoms with van der Waals surface area (Å²) < 4.78 is 89.4. The number of fused-ring (bicyclic) bond motifs is 1. The van der Waals surface area contributed by atoms with Crippen molar-refractivity contribution in [2.24, 2.45) is 0 Å². The number of benzene rings is 1. The fraction of sp³-hybridized carbons (Fsp3) is 0.350. The number of anilines is 1. The minimum absolute atomic E-state index is 0.0723. The first kappa shape index (κ1) is 24.3. The molecule has 0 bridgehead atoms. The van der Waals surface area contributed by atoms with Gasteiger partial charge in [0.05, 0.1) is 31.5 Å². The minimum Gasteiger partial charge on any atom is -0.493 e. The minimum atomic E-state index is -4.78. The molecule has 33 heavy (non-hydrogen) atoms. The quantitative estimate of drug-likeness (QED) is 0.367. The van der Waals surface area contributed by atoms with E-state index in [0.717, 1.165) is 6.07 Å². The molecule has 0 aliphatic carbocycles. The van der Waals surface area contributed by atoms with Crippen molar-refractivity contribution in [2.45, 2.75) is 26.0 Å². The number of hydrogen-bond acceptors (Lipinski definition) is 7. The van der Waals surface area contributed by atoms with E-state index >= 15 is 0 Å². The van der Waals surface area contributed by atoms with Crippen molar-refractivity contribution in [1.29, 1.82) is 0 Å². The normalized spacial score (nSPS) is 12.1. The van der Waals surface area contributed by atoms with Crippen molar-refractivity contribution < 1.29 is 40.6 Å². The van der Waals surface area contributed by atoms with Gasteiger partial charge in [-0.15, -0.1) is 13.2 Å². The summed E-state index contributed by atoms with van der Waals surface area (Å²) in [4.78, 5) is 12.2. The van der Waals surface area contributed by atoms with E-state index in [1.807, 2.05) is 0 Å². The number of hydrogen-bond donors (Lipinski definition) is 1. The van der Waals surface area contributed by atoms with Crippen molar-refractivity contribution >= 4 is 16.7 Å². The van der Waals surface area contributed by atoms with Crippen LogP contribution in [0, 0.1) is 6.92 Å². The van der Waals surface area contributed by atoms with Crippen LogP contribution in [0.5, 0.6) is 11.5 Å². The number of halogens is 6. The second-order valence-electron chi connectivity index (χ2n) is 6.65. The van der Waals surface area contributed by atoms with Crippen molar-refractivity contribution in [1.82, 2.24) is 15.0 Å². The first-order chi connectivity index (χ1) is 15.5. The number of aryl methyl sites for hydroxylation is 1. The molecule has 1 aromatic carbocycles. The van der Waals surface area contributed by atoms with E-state index in [1.54, 1.807) is 6.92 Å². The van der Waals surface area contributed by atoms with Crippen LogP contribution in [-0.2, 0) is 17.5 Å². The van der Waals surface area contributed by atoms with Crippen LogP contribution >= 0.6 is 0 Å². The van der Waals surface area contributed by atoms with E-state index < -0.39 is 31.4 Å².